The summed E-state index contributed by atoms with van der Waals surface area (Å²) in [6.45, 7) is 5.20. The lowest BCUT2D eigenvalue weighted by Gasteiger charge is -2.19. The highest BCUT2D eigenvalue weighted by molar-refractivity contribution is 6.31. The molecule has 84 valence electrons. The third-order valence-corrected chi connectivity index (χ3v) is 2.58. The van der Waals surface area contributed by atoms with Gasteiger partial charge in [0.1, 0.15) is 0 Å². The van der Waals surface area contributed by atoms with Crippen molar-refractivity contribution in [3.8, 4) is 0 Å². The van der Waals surface area contributed by atoms with Crippen molar-refractivity contribution < 1.29 is 5.11 Å². The first kappa shape index (κ1) is 12.5. The zero-order valence-electron chi connectivity index (χ0n) is 9.20. The van der Waals surface area contributed by atoms with Gasteiger partial charge in [-0.1, -0.05) is 43.6 Å². The molecule has 15 heavy (non-hydrogen) atoms. The molecule has 0 aromatic heterocycles. The fraction of sp³-hybridized carbons (Fsp3) is 0.500. The topological polar surface area (TPSA) is 32.3 Å². The predicted molar refractivity (Wildman–Crippen MR) is 64.1 cm³/mol. The van der Waals surface area contributed by atoms with Gasteiger partial charge in [-0.25, -0.2) is 0 Å². The maximum absolute atomic E-state index is 9.30. The zero-order valence-corrected chi connectivity index (χ0v) is 9.96. The van der Waals surface area contributed by atoms with Crippen molar-refractivity contribution in [1.82, 2.24) is 5.32 Å². The number of aliphatic hydroxyl groups excluding tert-OH is 1. The fourth-order valence-electron chi connectivity index (χ4n) is 1.41. The summed E-state index contributed by atoms with van der Waals surface area (Å²) in [5.74, 6) is 0.557. The molecule has 0 amide bonds. The van der Waals surface area contributed by atoms with Gasteiger partial charge in [-0.2, -0.15) is 0 Å². The molecule has 0 bridgehead atoms. The lowest BCUT2D eigenvalue weighted by atomic mass is 10.1. The molecule has 0 aliphatic rings. The summed E-state index contributed by atoms with van der Waals surface area (Å²) in [5.41, 5.74) is 0.960. The molecule has 3 heteroatoms. The Morgan fingerprint density at radius 1 is 1.33 bits per heavy atom. The SMILES string of the molecule is CC(C)CNC(CO)c1ccccc1Cl. The van der Waals surface area contributed by atoms with Crippen LogP contribution in [0.4, 0.5) is 0 Å². The molecule has 0 saturated carbocycles. The van der Waals surface area contributed by atoms with Crippen molar-refractivity contribution in [3.05, 3.63) is 34.9 Å². The van der Waals surface area contributed by atoms with E-state index in [4.69, 9.17) is 11.6 Å². The monoisotopic (exact) mass is 227 g/mol. The summed E-state index contributed by atoms with van der Waals surface area (Å²) in [7, 11) is 0. The molecule has 0 heterocycles. The highest BCUT2D eigenvalue weighted by Crippen LogP contribution is 2.22. The molecule has 0 fully saturated rings. The van der Waals surface area contributed by atoms with E-state index in [1.54, 1.807) is 0 Å². The number of halogens is 1. The van der Waals surface area contributed by atoms with Crippen LogP contribution in [0.2, 0.25) is 5.02 Å². The molecule has 1 aromatic carbocycles. The van der Waals surface area contributed by atoms with Crippen molar-refractivity contribution >= 4 is 11.6 Å². The Bertz CT molecular complexity index is 301. The van der Waals surface area contributed by atoms with Gasteiger partial charge in [0.2, 0.25) is 0 Å². The summed E-state index contributed by atoms with van der Waals surface area (Å²) in [5, 5.41) is 13.3. The van der Waals surface area contributed by atoms with E-state index in [1.807, 2.05) is 24.3 Å². The van der Waals surface area contributed by atoms with Gasteiger partial charge >= 0.3 is 0 Å². The molecule has 0 aliphatic heterocycles. The van der Waals surface area contributed by atoms with Gasteiger partial charge in [0, 0.05) is 5.02 Å². The normalized spacial score (nSPS) is 13.1. The fourth-order valence-corrected chi connectivity index (χ4v) is 1.68. The quantitative estimate of drug-likeness (QED) is 0.811. The minimum absolute atomic E-state index is 0.0659. The van der Waals surface area contributed by atoms with E-state index in [0.29, 0.717) is 10.9 Å². The molecule has 1 atom stereocenters. The summed E-state index contributed by atoms with van der Waals surface area (Å²) >= 11 is 6.06. The van der Waals surface area contributed by atoms with Crippen molar-refractivity contribution in [2.24, 2.45) is 5.92 Å². The van der Waals surface area contributed by atoms with Gasteiger partial charge in [0.05, 0.1) is 12.6 Å². The van der Waals surface area contributed by atoms with Crippen LogP contribution in [0.3, 0.4) is 0 Å². The molecule has 0 radical (unpaired) electrons. The summed E-state index contributed by atoms with van der Waals surface area (Å²) in [6, 6.07) is 7.54. The van der Waals surface area contributed by atoms with Gasteiger partial charge in [-0.15, -0.1) is 0 Å². The van der Waals surface area contributed by atoms with Crippen LogP contribution in [0, 0.1) is 5.92 Å². The molecule has 1 rings (SSSR count). The van der Waals surface area contributed by atoms with Crippen molar-refractivity contribution in [2.75, 3.05) is 13.2 Å². The standard InChI is InChI=1S/C12H18ClNO/c1-9(2)7-14-12(8-15)10-5-3-4-6-11(10)13/h3-6,9,12,14-15H,7-8H2,1-2H3. The second kappa shape index (κ2) is 6.11. The van der Waals surface area contributed by atoms with Gasteiger partial charge in [0.25, 0.3) is 0 Å². The Kier molecular flexibility index (Phi) is 5.09. The van der Waals surface area contributed by atoms with Crippen molar-refractivity contribution in [3.63, 3.8) is 0 Å². The first-order chi connectivity index (χ1) is 7.15. The van der Waals surface area contributed by atoms with Crippen LogP contribution in [0.5, 0.6) is 0 Å². The number of aliphatic hydroxyl groups is 1. The van der Waals surface area contributed by atoms with Gasteiger partial charge in [-0.3, -0.25) is 0 Å². The molecule has 0 aliphatic carbocycles. The van der Waals surface area contributed by atoms with E-state index in [0.717, 1.165) is 12.1 Å². The number of rotatable bonds is 5. The lowest BCUT2D eigenvalue weighted by molar-refractivity contribution is 0.241. The Hall–Kier alpha value is -0.570. The third-order valence-electron chi connectivity index (χ3n) is 2.24. The minimum Gasteiger partial charge on any atom is -0.394 e. The van der Waals surface area contributed by atoms with Gasteiger partial charge < -0.3 is 10.4 Å². The predicted octanol–water partition coefficient (Wildman–Crippen LogP) is 2.62. The molecule has 0 saturated heterocycles. The Balaban J connectivity index is 2.70. The Morgan fingerprint density at radius 3 is 2.53 bits per heavy atom. The van der Waals surface area contributed by atoms with Crippen LogP contribution >= 0.6 is 11.6 Å². The largest absolute Gasteiger partial charge is 0.394 e. The molecule has 2 N–H and O–H groups in total. The second-order valence-electron chi connectivity index (χ2n) is 4.06. The van der Waals surface area contributed by atoms with Crippen LogP contribution < -0.4 is 5.32 Å². The first-order valence-electron chi connectivity index (χ1n) is 5.23. The summed E-state index contributed by atoms with van der Waals surface area (Å²) in [4.78, 5) is 0. The van der Waals surface area contributed by atoms with Crippen molar-refractivity contribution in [1.29, 1.82) is 0 Å². The van der Waals surface area contributed by atoms with Crippen LogP contribution in [0.15, 0.2) is 24.3 Å². The minimum atomic E-state index is -0.0684. The van der Waals surface area contributed by atoms with Crippen LogP contribution in [-0.4, -0.2) is 18.3 Å². The van der Waals surface area contributed by atoms with E-state index in [9.17, 15) is 5.11 Å². The second-order valence-corrected chi connectivity index (χ2v) is 4.47. The Morgan fingerprint density at radius 2 is 2.00 bits per heavy atom. The van der Waals surface area contributed by atoms with E-state index in [-0.39, 0.29) is 12.6 Å². The van der Waals surface area contributed by atoms with Crippen LogP contribution in [0.1, 0.15) is 25.5 Å². The molecule has 2 nitrogen and oxygen atoms in total. The summed E-state index contributed by atoms with van der Waals surface area (Å²) in [6.07, 6.45) is 0. The molecule has 1 aromatic rings. The zero-order chi connectivity index (χ0) is 11.3. The van der Waals surface area contributed by atoms with E-state index >= 15 is 0 Å². The van der Waals surface area contributed by atoms with E-state index in [1.165, 1.54) is 0 Å². The molecule has 1 unspecified atom stereocenters. The first-order valence-corrected chi connectivity index (χ1v) is 5.61. The van der Waals surface area contributed by atoms with Gasteiger partial charge in [-0.05, 0) is 24.1 Å². The highest BCUT2D eigenvalue weighted by atomic mass is 35.5. The van der Waals surface area contributed by atoms with E-state index < -0.39 is 0 Å². The number of nitrogens with one attached hydrogen (secondary N) is 1. The highest BCUT2D eigenvalue weighted by Gasteiger charge is 2.12. The van der Waals surface area contributed by atoms with E-state index in [2.05, 4.69) is 19.2 Å². The third kappa shape index (κ3) is 3.82. The number of hydrogen-bond acceptors (Lipinski definition) is 2. The maximum Gasteiger partial charge on any atom is 0.0627 e. The van der Waals surface area contributed by atoms with Crippen molar-refractivity contribution in [2.45, 2.75) is 19.9 Å². The number of benzene rings is 1. The smallest absolute Gasteiger partial charge is 0.0627 e. The summed E-state index contributed by atoms with van der Waals surface area (Å²) < 4.78 is 0. The van der Waals surface area contributed by atoms with Crippen LogP contribution in [0.25, 0.3) is 0 Å². The maximum atomic E-state index is 9.30. The Labute approximate surface area is 96.3 Å². The number of hydrogen-bond donors (Lipinski definition) is 2. The average molecular weight is 228 g/mol. The van der Waals surface area contributed by atoms with Gasteiger partial charge in [0.15, 0.2) is 0 Å². The molecular weight excluding hydrogens is 210 g/mol. The average Bonchev–Trinajstić information content (AvgIpc) is 2.21. The molecular formula is C12H18ClNO. The molecule has 0 spiro atoms. The van der Waals surface area contributed by atoms with Crippen LogP contribution in [-0.2, 0) is 0 Å². The lowest BCUT2D eigenvalue weighted by Crippen LogP contribution is -2.28.